The largest absolute Gasteiger partial charge is 0.449 e. The van der Waals surface area contributed by atoms with Crippen LogP contribution in [0.15, 0.2) is 24.3 Å². The van der Waals surface area contributed by atoms with Gasteiger partial charge >= 0.3 is 7.48 Å². The maximum atomic E-state index is 8.60. The summed E-state index contributed by atoms with van der Waals surface area (Å²) in [6.07, 6.45) is 0. The van der Waals surface area contributed by atoms with Gasteiger partial charge in [-0.3, -0.25) is 0 Å². The molecule has 0 bridgehead atoms. The van der Waals surface area contributed by atoms with Crippen molar-refractivity contribution in [3.63, 3.8) is 0 Å². The van der Waals surface area contributed by atoms with E-state index in [4.69, 9.17) is 16.6 Å². The minimum absolute atomic E-state index is 0.0561. The highest BCUT2D eigenvalue weighted by atomic mass is 35.5. The average Bonchev–Trinajstić information content (AvgIpc) is 1.88. The summed E-state index contributed by atoms with van der Waals surface area (Å²) in [5.74, 6) is 0. The molecule has 0 saturated heterocycles. The fourth-order valence-electron chi connectivity index (χ4n) is 0.635. The summed E-state index contributed by atoms with van der Waals surface area (Å²) in [5, 5.41) is 9.27. The summed E-state index contributed by atoms with van der Waals surface area (Å²) >= 11 is 5.61. The van der Waals surface area contributed by atoms with Crippen LogP contribution in [-0.2, 0) is 0 Å². The SMILES string of the molecule is OBc1cccc(Cl)c1. The van der Waals surface area contributed by atoms with E-state index in [9.17, 15) is 0 Å². The quantitative estimate of drug-likeness (QED) is 0.557. The second kappa shape index (κ2) is 2.90. The van der Waals surface area contributed by atoms with E-state index in [2.05, 4.69) is 0 Å². The van der Waals surface area contributed by atoms with Crippen molar-refractivity contribution in [2.24, 2.45) is 0 Å². The Bertz CT molecular complexity index is 202. The molecule has 0 aromatic heterocycles. The van der Waals surface area contributed by atoms with E-state index in [0.29, 0.717) is 5.02 Å². The number of rotatable bonds is 1. The summed E-state index contributed by atoms with van der Waals surface area (Å²) < 4.78 is 0. The molecule has 0 radical (unpaired) electrons. The summed E-state index contributed by atoms with van der Waals surface area (Å²) in [7, 11) is 0.0561. The first-order valence-electron chi connectivity index (χ1n) is 2.68. The van der Waals surface area contributed by atoms with Crippen LogP contribution < -0.4 is 5.46 Å². The van der Waals surface area contributed by atoms with Gasteiger partial charge < -0.3 is 5.02 Å². The Morgan fingerprint density at radius 3 is 2.67 bits per heavy atom. The Labute approximate surface area is 59.6 Å². The van der Waals surface area contributed by atoms with E-state index in [0.717, 1.165) is 5.46 Å². The van der Waals surface area contributed by atoms with Crippen LogP contribution in [0.3, 0.4) is 0 Å². The van der Waals surface area contributed by atoms with Crippen LogP contribution in [0, 0.1) is 0 Å². The van der Waals surface area contributed by atoms with Gasteiger partial charge in [0.1, 0.15) is 0 Å². The molecule has 0 aliphatic carbocycles. The molecule has 1 N–H and O–H groups in total. The molecule has 3 heteroatoms. The zero-order chi connectivity index (χ0) is 6.69. The van der Waals surface area contributed by atoms with Crippen LogP contribution in [0.2, 0.25) is 5.02 Å². The molecule has 0 aliphatic rings. The molecular weight excluding hydrogens is 134 g/mol. The molecule has 0 aliphatic heterocycles. The van der Waals surface area contributed by atoms with Gasteiger partial charge in [0.25, 0.3) is 0 Å². The van der Waals surface area contributed by atoms with Gasteiger partial charge in [-0.1, -0.05) is 29.2 Å². The predicted octanol–water partition coefficient (Wildman–Crippen LogP) is 0.309. The second-order valence-corrected chi connectivity index (χ2v) is 2.22. The third kappa shape index (κ3) is 1.73. The Hall–Kier alpha value is -0.465. The molecule has 9 heavy (non-hydrogen) atoms. The van der Waals surface area contributed by atoms with Gasteiger partial charge in [0.15, 0.2) is 0 Å². The maximum Gasteiger partial charge on any atom is 0.304 e. The summed E-state index contributed by atoms with van der Waals surface area (Å²) in [6.45, 7) is 0. The highest BCUT2D eigenvalue weighted by Gasteiger charge is 1.90. The van der Waals surface area contributed by atoms with Gasteiger partial charge in [-0.2, -0.15) is 0 Å². The zero-order valence-electron chi connectivity index (χ0n) is 4.84. The van der Waals surface area contributed by atoms with Crippen molar-refractivity contribution in [1.29, 1.82) is 0 Å². The summed E-state index contributed by atoms with van der Waals surface area (Å²) in [6, 6.07) is 7.15. The topological polar surface area (TPSA) is 20.2 Å². The Kier molecular flexibility index (Phi) is 2.14. The van der Waals surface area contributed by atoms with Crippen LogP contribution in [0.4, 0.5) is 0 Å². The lowest BCUT2D eigenvalue weighted by Gasteiger charge is -1.91. The normalized spacial score (nSPS) is 9.11. The fraction of sp³-hybridized carbons (Fsp3) is 0. The molecule has 0 atom stereocenters. The molecule has 0 saturated carbocycles. The minimum Gasteiger partial charge on any atom is -0.449 e. The molecular formula is C6H6BClO. The van der Waals surface area contributed by atoms with E-state index in [1.165, 1.54) is 0 Å². The lowest BCUT2D eigenvalue weighted by Crippen LogP contribution is -2.11. The predicted molar refractivity (Wildman–Crippen MR) is 40.5 cm³/mol. The van der Waals surface area contributed by atoms with Gasteiger partial charge in [0.2, 0.25) is 0 Å². The molecule has 0 fully saturated rings. The standard InChI is InChI=1S/C6H6BClO/c8-6-3-1-2-5(4-6)7-9/h1-4,7,9H. The van der Waals surface area contributed by atoms with E-state index in [-0.39, 0.29) is 7.48 Å². The maximum absolute atomic E-state index is 8.60. The first-order valence-corrected chi connectivity index (χ1v) is 3.06. The Morgan fingerprint density at radius 1 is 1.44 bits per heavy atom. The van der Waals surface area contributed by atoms with Crippen molar-refractivity contribution in [3.8, 4) is 0 Å². The van der Waals surface area contributed by atoms with Crippen molar-refractivity contribution < 1.29 is 5.02 Å². The van der Waals surface area contributed by atoms with Crippen molar-refractivity contribution in [3.05, 3.63) is 29.3 Å². The van der Waals surface area contributed by atoms with E-state index in [1.54, 1.807) is 12.1 Å². The molecule has 0 unspecified atom stereocenters. The lowest BCUT2D eigenvalue weighted by atomic mass is 9.89. The number of benzene rings is 1. The summed E-state index contributed by atoms with van der Waals surface area (Å²) in [5.41, 5.74) is 0.850. The second-order valence-electron chi connectivity index (χ2n) is 1.79. The molecule has 0 spiro atoms. The molecule has 1 aromatic rings. The van der Waals surface area contributed by atoms with Crippen molar-refractivity contribution >= 4 is 24.5 Å². The van der Waals surface area contributed by atoms with Gasteiger partial charge in [0.05, 0.1) is 0 Å². The highest BCUT2D eigenvalue weighted by Crippen LogP contribution is 2.02. The zero-order valence-corrected chi connectivity index (χ0v) is 5.60. The third-order valence-electron chi connectivity index (χ3n) is 1.07. The van der Waals surface area contributed by atoms with E-state index >= 15 is 0 Å². The third-order valence-corrected chi connectivity index (χ3v) is 1.31. The molecule has 1 rings (SSSR count). The lowest BCUT2D eigenvalue weighted by molar-refractivity contribution is 0.615. The number of hydrogen-bond acceptors (Lipinski definition) is 1. The number of halogens is 1. The Morgan fingerprint density at radius 2 is 2.22 bits per heavy atom. The van der Waals surface area contributed by atoms with Crippen molar-refractivity contribution in [1.82, 2.24) is 0 Å². The minimum atomic E-state index is 0.0561. The van der Waals surface area contributed by atoms with Gasteiger partial charge in [-0.25, -0.2) is 0 Å². The fourth-order valence-corrected chi connectivity index (χ4v) is 0.848. The molecule has 1 nitrogen and oxygen atoms in total. The average molecular weight is 140 g/mol. The first kappa shape index (κ1) is 6.65. The van der Waals surface area contributed by atoms with Crippen LogP contribution in [0.1, 0.15) is 0 Å². The van der Waals surface area contributed by atoms with Crippen molar-refractivity contribution in [2.45, 2.75) is 0 Å². The van der Waals surface area contributed by atoms with E-state index in [1.807, 2.05) is 12.1 Å². The van der Waals surface area contributed by atoms with Crippen LogP contribution in [0.25, 0.3) is 0 Å². The van der Waals surface area contributed by atoms with Gasteiger partial charge in [-0.15, -0.1) is 0 Å². The first-order chi connectivity index (χ1) is 4.33. The van der Waals surface area contributed by atoms with Crippen LogP contribution >= 0.6 is 11.6 Å². The summed E-state index contributed by atoms with van der Waals surface area (Å²) in [4.78, 5) is 0. The number of hydrogen-bond donors (Lipinski definition) is 1. The smallest absolute Gasteiger partial charge is 0.304 e. The van der Waals surface area contributed by atoms with Crippen LogP contribution in [-0.4, -0.2) is 12.5 Å². The molecule has 0 heterocycles. The molecule has 0 amide bonds. The molecule has 46 valence electrons. The monoisotopic (exact) mass is 140 g/mol. The van der Waals surface area contributed by atoms with Crippen LogP contribution in [0.5, 0.6) is 0 Å². The van der Waals surface area contributed by atoms with E-state index < -0.39 is 0 Å². The molecule has 1 aromatic carbocycles. The Balaban J connectivity index is 2.94. The van der Waals surface area contributed by atoms with Gasteiger partial charge in [0, 0.05) is 5.02 Å². The van der Waals surface area contributed by atoms with Gasteiger partial charge in [-0.05, 0) is 12.1 Å². The highest BCUT2D eigenvalue weighted by molar-refractivity contribution is 6.46. The van der Waals surface area contributed by atoms with Crippen molar-refractivity contribution in [2.75, 3.05) is 0 Å².